The summed E-state index contributed by atoms with van der Waals surface area (Å²) in [5.74, 6) is 0. The lowest BCUT2D eigenvalue weighted by molar-refractivity contribution is -0.384. The Morgan fingerprint density at radius 2 is 1.94 bits per heavy atom. The van der Waals surface area contributed by atoms with Crippen LogP contribution in [0.25, 0.3) is 0 Å². The number of hydrogen-bond acceptors (Lipinski definition) is 4. The van der Waals surface area contributed by atoms with Gasteiger partial charge in [-0.2, -0.15) is 0 Å². The molecule has 5 nitrogen and oxygen atoms in total. The average molecular weight is 243 g/mol. The van der Waals surface area contributed by atoms with Crippen LogP contribution >= 0.6 is 0 Å². The van der Waals surface area contributed by atoms with E-state index >= 15 is 0 Å². The fourth-order valence-corrected chi connectivity index (χ4v) is 1.69. The Morgan fingerprint density at radius 1 is 1.22 bits per heavy atom. The normalized spacial score (nSPS) is 11.8. The second kappa shape index (κ2) is 5.27. The van der Waals surface area contributed by atoms with E-state index in [4.69, 9.17) is 0 Å². The minimum absolute atomic E-state index is 0.0697. The number of hydrogen-bond donors (Lipinski definition) is 1. The predicted molar refractivity (Wildman–Crippen MR) is 69.4 cm³/mol. The number of nitrogens with zero attached hydrogens (tertiary/aromatic N) is 2. The first-order valence-corrected chi connectivity index (χ1v) is 5.59. The van der Waals surface area contributed by atoms with E-state index in [1.807, 2.05) is 25.1 Å². The quantitative estimate of drug-likeness (QED) is 0.661. The van der Waals surface area contributed by atoms with Crippen molar-refractivity contribution in [3.8, 4) is 0 Å². The Labute approximate surface area is 105 Å². The molecule has 0 bridgehead atoms. The van der Waals surface area contributed by atoms with E-state index in [0.29, 0.717) is 5.69 Å². The largest absolute Gasteiger partial charge is 0.371 e. The minimum Gasteiger partial charge on any atom is -0.371 e. The third kappa shape index (κ3) is 2.63. The van der Waals surface area contributed by atoms with Crippen LogP contribution in [0.2, 0.25) is 0 Å². The van der Waals surface area contributed by atoms with Gasteiger partial charge >= 0.3 is 0 Å². The molecule has 0 spiro atoms. The lowest BCUT2D eigenvalue weighted by Gasteiger charge is -2.14. The molecule has 0 aliphatic rings. The van der Waals surface area contributed by atoms with Gasteiger partial charge in [0.25, 0.3) is 5.69 Å². The summed E-state index contributed by atoms with van der Waals surface area (Å²) in [5, 5.41) is 14.0. The Kier molecular flexibility index (Phi) is 3.52. The monoisotopic (exact) mass is 243 g/mol. The summed E-state index contributed by atoms with van der Waals surface area (Å²) in [6.07, 6.45) is 1.70. The molecule has 0 unspecified atom stereocenters. The van der Waals surface area contributed by atoms with Crippen molar-refractivity contribution in [3.05, 3.63) is 64.5 Å². The number of anilines is 1. The molecule has 2 aromatic rings. The number of benzene rings is 1. The smallest absolute Gasteiger partial charge is 0.292 e. The molecule has 0 aliphatic carbocycles. The molecular formula is C13H13N3O2. The third-order valence-corrected chi connectivity index (χ3v) is 2.60. The molecule has 1 aromatic heterocycles. The van der Waals surface area contributed by atoms with E-state index in [2.05, 4.69) is 10.3 Å². The highest BCUT2D eigenvalue weighted by molar-refractivity contribution is 5.61. The Morgan fingerprint density at radius 3 is 2.61 bits per heavy atom. The molecule has 0 amide bonds. The predicted octanol–water partition coefficient (Wildman–Crippen LogP) is 3.16. The van der Waals surface area contributed by atoms with Crippen molar-refractivity contribution in [2.75, 3.05) is 5.32 Å². The second-order valence-corrected chi connectivity index (χ2v) is 3.89. The van der Waals surface area contributed by atoms with Crippen LogP contribution in [0.3, 0.4) is 0 Å². The summed E-state index contributed by atoms with van der Waals surface area (Å²) in [5.41, 5.74) is 1.41. The van der Waals surface area contributed by atoms with Gasteiger partial charge in [0, 0.05) is 12.3 Å². The molecule has 1 heterocycles. The van der Waals surface area contributed by atoms with Gasteiger partial charge in [0.05, 0.1) is 16.7 Å². The van der Waals surface area contributed by atoms with Gasteiger partial charge in [0.2, 0.25) is 0 Å². The second-order valence-electron chi connectivity index (χ2n) is 3.89. The van der Waals surface area contributed by atoms with Crippen LogP contribution in [-0.2, 0) is 0 Å². The zero-order chi connectivity index (χ0) is 13.0. The fourth-order valence-electron chi connectivity index (χ4n) is 1.69. The van der Waals surface area contributed by atoms with E-state index in [0.717, 1.165) is 5.69 Å². The van der Waals surface area contributed by atoms with Crippen LogP contribution in [0, 0.1) is 10.1 Å². The van der Waals surface area contributed by atoms with E-state index in [1.165, 1.54) is 6.07 Å². The first-order chi connectivity index (χ1) is 8.68. The summed E-state index contributed by atoms with van der Waals surface area (Å²) >= 11 is 0. The number of para-hydroxylation sites is 2. The molecule has 1 atom stereocenters. The van der Waals surface area contributed by atoms with Crippen LogP contribution in [0.1, 0.15) is 18.7 Å². The molecule has 0 saturated heterocycles. The molecule has 18 heavy (non-hydrogen) atoms. The van der Waals surface area contributed by atoms with Crippen molar-refractivity contribution >= 4 is 11.4 Å². The van der Waals surface area contributed by atoms with Gasteiger partial charge in [-0.15, -0.1) is 0 Å². The van der Waals surface area contributed by atoms with Crippen molar-refractivity contribution in [1.82, 2.24) is 4.98 Å². The molecule has 2 rings (SSSR count). The molecular weight excluding hydrogens is 230 g/mol. The molecule has 0 aliphatic heterocycles. The highest BCUT2D eigenvalue weighted by atomic mass is 16.6. The highest BCUT2D eigenvalue weighted by Crippen LogP contribution is 2.26. The zero-order valence-corrected chi connectivity index (χ0v) is 9.91. The third-order valence-electron chi connectivity index (χ3n) is 2.60. The zero-order valence-electron chi connectivity index (χ0n) is 9.91. The minimum atomic E-state index is -0.395. The van der Waals surface area contributed by atoms with Crippen molar-refractivity contribution in [2.24, 2.45) is 0 Å². The summed E-state index contributed by atoms with van der Waals surface area (Å²) in [6.45, 7) is 1.92. The van der Waals surface area contributed by atoms with E-state index < -0.39 is 4.92 Å². The Bertz CT molecular complexity index is 543. The van der Waals surface area contributed by atoms with Gasteiger partial charge in [0.1, 0.15) is 5.69 Å². The molecule has 0 radical (unpaired) electrons. The molecule has 1 N–H and O–H groups in total. The molecule has 1 aromatic carbocycles. The van der Waals surface area contributed by atoms with Crippen LogP contribution in [0.4, 0.5) is 11.4 Å². The molecule has 5 heteroatoms. The maximum Gasteiger partial charge on any atom is 0.292 e. The Balaban J connectivity index is 2.22. The maximum atomic E-state index is 10.9. The van der Waals surface area contributed by atoms with E-state index in [1.54, 1.807) is 24.4 Å². The van der Waals surface area contributed by atoms with Gasteiger partial charge in [-0.25, -0.2) is 0 Å². The number of nitro benzene ring substituents is 1. The number of nitro groups is 1. The summed E-state index contributed by atoms with van der Waals surface area (Å²) < 4.78 is 0. The Hall–Kier alpha value is -2.43. The van der Waals surface area contributed by atoms with E-state index in [9.17, 15) is 10.1 Å². The van der Waals surface area contributed by atoms with Gasteiger partial charge in [-0.1, -0.05) is 18.2 Å². The number of pyridine rings is 1. The van der Waals surface area contributed by atoms with Gasteiger partial charge in [-0.05, 0) is 25.1 Å². The first kappa shape index (κ1) is 12.0. The van der Waals surface area contributed by atoms with Crippen molar-refractivity contribution in [1.29, 1.82) is 0 Å². The molecule has 0 fully saturated rings. The summed E-state index contributed by atoms with van der Waals surface area (Å²) in [7, 11) is 0. The molecule has 0 saturated carbocycles. The first-order valence-electron chi connectivity index (χ1n) is 5.59. The average Bonchev–Trinajstić information content (AvgIpc) is 2.40. The SMILES string of the molecule is C[C@@H](Nc1ccccc1[N+](=O)[O-])c1ccccn1. The van der Waals surface area contributed by atoms with Crippen molar-refractivity contribution < 1.29 is 4.92 Å². The van der Waals surface area contributed by atoms with Gasteiger partial charge in [0.15, 0.2) is 0 Å². The lowest BCUT2D eigenvalue weighted by atomic mass is 10.2. The van der Waals surface area contributed by atoms with Gasteiger partial charge < -0.3 is 5.32 Å². The van der Waals surface area contributed by atoms with Crippen molar-refractivity contribution in [2.45, 2.75) is 13.0 Å². The summed E-state index contributed by atoms with van der Waals surface area (Å²) in [6, 6.07) is 12.1. The fraction of sp³-hybridized carbons (Fsp3) is 0.154. The summed E-state index contributed by atoms with van der Waals surface area (Å²) in [4.78, 5) is 14.7. The number of aromatic nitrogens is 1. The maximum absolute atomic E-state index is 10.9. The number of nitrogens with one attached hydrogen (secondary N) is 1. The highest BCUT2D eigenvalue weighted by Gasteiger charge is 2.15. The van der Waals surface area contributed by atoms with Crippen LogP contribution in [-0.4, -0.2) is 9.91 Å². The van der Waals surface area contributed by atoms with Crippen LogP contribution < -0.4 is 5.32 Å². The van der Waals surface area contributed by atoms with Crippen LogP contribution in [0.15, 0.2) is 48.7 Å². The van der Waals surface area contributed by atoms with Gasteiger partial charge in [-0.3, -0.25) is 15.1 Å². The lowest BCUT2D eigenvalue weighted by Crippen LogP contribution is -2.09. The number of rotatable bonds is 4. The standard InChI is InChI=1S/C13H13N3O2/c1-10(11-6-4-5-9-14-11)15-12-7-2-3-8-13(12)16(17)18/h2-10,15H,1H3/t10-/m1/s1. The van der Waals surface area contributed by atoms with E-state index in [-0.39, 0.29) is 11.7 Å². The van der Waals surface area contributed by atoms with Crippen molar-refractivity contribution in [3.63, 3.8) is 0 Å². The molecule has 92 valence electrons. The topological polar surface area (TPSA) is 68.1 Å². The van der Waals surface area contributed by atoms with Crippen LogP contribution in [0.5, 0.6) is 0 Å².